The summed E-state index contributed by atoms with van der Waals surface area (Å²) in [5, 5.41) is 17.9. The summed E-state index contributed by atoms with van der Waals surface area (Å²) in [6.45, 7) is 0. The van der Waals surface area contributed by atoms with Crippen molar-refractivity contribution in [1.82, 2.24) is 0 Å². The van der Waals surface area contributed by atoms with Crippen molar-refractivity contribution < 1.29 is 19.8 Å². The summed E-state index contributed by atoms with van der Waals surface area (Å²) < 4.78 is 0. The minimum absolute atomic E-state index is 0.0823. The average molecular weight is 196 g/mol. The standard InChI is InChI=1S/C10H12O4/c11-8(12)5-10(9(13)14)4-6-1-2-7(10)3-6/h1-2,6-7H,3-5H2,(H,11,12)(H,13,14)/t6-,7+,10+/m0/s1. The molecule has 0 saturated heterocycles. The van der Waals surface area contributed by atoms with Crippen LogP contribution in [0.1, 0.15) is 19.3 Å². The van der Waals surface area contributed by atoms with E-state index in [0.717, 1.165) is 6.42 Å². The lowest BCUT2D eigenvalue weighted by atomic mass is 9.73. The van der Waals surface area contributed by atoms with E-state index in [-0.39, 0.29) is 18.3 Å². The third kappa shape index (κ3) is 1.14. The number of carboxylic acid groups (broad SMARTS) is 2. The van der Waals surface area contributed by atoms with Gasteiger partial charge in [0, 0.05) is 0 Å². The predicted molar refractivity (Wildman–Crippen MR) is 47.7 cm³/mol. The smallest absolute Gasteiger partial charge is 0.310 e. The zero-order chi connectivity index (χ0) is 10.3. The number of carbonyl (C=O) groups is 2. The Bertz CT molecular complexity index is 320. The van der Waals surface area contributed by atoms with Crippen LogP contribution in [0.2, 0.25) is 0 Å². The molecule has 1 fully saturated rings. The molecule has 2 aliphatic carbocycles. The van der Waals surface area contributed by atoms with E-state index in [1.54, 1.807) is 0 Å². The van der Waals surface area contributed by atoms with Crippen molar-refractivity contribution in [1.29, 1.82) is 0 Å². The molecule has 0 spiro atoms. The van der Waals surface area contributed by atoms with Crippen molar-refractivity contribution >= 4 is 11.9 Å². The summed E-state index contributed by atoms with van der Waals surface area (Å²) in [4.78, 5) is 21.8. The van der Waals surface area contributed by atoms with E-state index in [2.05, 4.69) is 0 Å². The molecule has 3 atom stereocenters. The quantitative estimate of drug-likeness (QED) is 0.663. The highest BCUT2D eigenvalue weighted by molar-refractivity contribution is 5.82. The lowest BCUT2D eigenvalue weighted by Crippen LogP contribution is -2.37. The van der Waals surface area contributed by atoms with Gasteiger partial charge in [0.1, 0.15) is 0 Å². The molecule has 2 bridgehead atoms. The second-order valence-electron chi connectivity index (χ2n) is 4.22. The van der Waals surface area contributed by atoms with Crippen LogP contribution in [0.25, 0.3) is 0 Å². The van der Waals surface area contributed by atoms with Gasteiger partial charge in [-0.25, -0.2) is 0 Å². The van der Waals surface area contributed by atoms with Crippen LogP contribution in [0.3, 0.4) is 0 Å². The van der Waals surface area contributed by atoms with Crippen LogP contribution >= 0.6 is 0 Å². The number of carboxylic acids is 2. The van der Waals surface area contributed by atoms with Crippen molar-refractivity contribution in [3.63, 3.8) is 0 Å². The van der Waals surface area contributed by atoms with Gasteiger partial charge >= 0.3 is 11.9 Å². The van der Waals surface area contributed by atoms with Crippen molar-refractivity contribution in [3.8, 4) is 0 Å². The molecular weight excluding hydrogens is 184 g/mol. The van der Waals surface area contributed by atoms with Crippen LogP contribution in [0.5, 0.6) is 0 Å². The Labute approximate surface area is 81.2 Å². The third-order valence-electron chi connectivity index (χ3n) is 3.40. The highest BCUT2D eigenvalue weighted by Crippen LogP contribution is 2.54. The van der Waals surface area contributed by atoms with Gasteiger partial charge in [-0.1, -0.05) is 12.2 Å². The molecule has 0 heterocycles. The second-order valence-corrected chi connectivity index (χ2v) is 4.22. The number of rotatable bonds is 3. The molecule has 4 heteroatoms. The topological polar surface area (TPSA) is 74.6 Å². The molecule has 2 N–H and O–H groups in total. The van der Waals surface area contributed by atoms with E-state index < -0.39 is 17.4 Å². The highest BCUT2D eigenvalue weighted by atomic mass is 16.4. The molecule has 1 saturated carbocycles. The first kappa shape index (κ1) is 9.24. The van der Waals surface area contributed by atoms with Gasteiger partial charge in [0.15, 0.2) is 0 Å². The van der Waals surface area contributed by atoms with E-state index in [1.807, 2.05) is 12.2 Å². The van der Waals surface area contributed by atoms with E-state index in [9.17, 15) is 9.59 Å². The van der Waals surface area contributed by atoms with Crippen LogP contribution in [-0.2, 0) is 9.59 Å². The molecule has 14 heavy (non-hydrogen) atoms. The fraction of sp³-hybridized carbons (Fsp3) is 0.600. The number of allylic oxidation sites excluding steroid dienone is 2. The fourth-order valence-corrected chi connectivity index (χ4v) is 2.75. The van der Waals surface area contributed by atoms with E-state index >= 15 is 0 Å². The normalized spacial score (nSPS) is 38.9. The van der Waals surface area contributed by atoms with Crippen LogP contribution in [-0.4, -0.2) is 22.2 Å². The monoisotopic (exact) mass is 196 g/mol. The van der Waals surface area contributed by atoms with Crippen LogP contribution in [0.15, 0.2) is 12.2 Å². The first-order valence-corrected chi connectivity index (χ1v) is 4.68. The maximum absolute atomic E-state index is 11.2. The summed E-state index contributed by atoms with van der Waals surface area (Å²) in [5.41, 5.74) is -1.04. The maximum Gasteiger partial charge on any atom is 0.310 e. The third-order valence-corrected chi connectivity index (χ3v) is 3.40. The van der Waals surface area contributed by atoms with Gasteiger partial charge in [0.2, 0.25) is 0 Å². The predicted octanol–water partition coefficient (Wildman–Crippen LogP) is 1.13. The van der Waals surface area contributed by atoms with Crippen molar-refractivity contribution in [2.24, 2.45) is 17.3 Å². The van der Waals surface area contributed by atoms with Gasteiger partial charge in [0.05, 0.1) is 11.8 Å². The van der Waals surface area contributed by atoms with Gasteiger partial charge < -0.3 is 10.2 Å². The lowest BCUT2D eigenvalue weighted by Gasteiger charge is -2.29. The summed E-state index contributed by atoms with van der Waals surface area (Å²) >= 11 is 0. The first-order valence-electron chi connectivity index (χ1n) is 4.68. The molecule has 0 aliphatic heterocycles. The SMILES string of the molecule is O=C(O)C[C@]1(C(=O)O)C[C@H]2C=C[C@@H]1C2. The fourth-order valence-electron chi connectivity index (χ4n) is 2.75. The minimum Gasteiger partial charge on any atom is -0.481 e. The summed E-state index contributed by atoms with van der Waals surface area (Å²) in [5.74, 6) is -1.79. The summed E-state index contributed by atoms with van der Waals surface area (Å²) in [6, 6.07) is 0. The van der Waals surface area contributed by atoms with Gasteiger partial charge in [-0.05, 0) is 24.7 Å². The molecule has 0 aromatic rings. The molecule has 0 aromatic heterocycles. The zero-order valence-electron chi connectivity index (χ0n) is 7.64. The Morgan fingerprint density at radius 3 is 2.43 bits per heavy atom. The molecular formula is C10H12O4. The maximum atomic E-state index is 11.2. The molecule has 0 radical (unpaired) electrons. The van der Waals surface area contributed by atoms with Crippen molar-refractivity contribution in [2.75, 3.05) is 0 Å². The molecule has 0 amide bonds. The van der Waals surface area contributed by atoms with E-state index in [0.29, 0.717) is 6.42 Å². The largest absolute Gasteiger partial charge is 0.481 e. The lowest BCUT2D eigenvalue weighted by molar-refractivity contribution is -0.157. The Morgan fingerprint density at radius 2 is 2.07 bits per heavy atom. The van der Waals surface area contributed by atoms with Crippen LogP contribution in [0, 0.1) is 17.3 Å². The van der Waals surface area contributed by atoms with Gasteiger partial charge in [0.25, 0.3) is 0 Å². The number of hydrogen-bond acceptors (Lipinski definition) is 2. The van der Waals surface area contributed by atoms with E-state index in [1.165, 1.54) is 0 Å². The minimum atomic E-state index is -1.04. The number of fused-ring (bicyclic) bond motifs is 2. The molecule has 4 nitrogen and oxygen atoms in total. The molecule has 2 rings (SSSR count). The van der Waals surface area contributed by atoms with Gasteiger partial charge in [-0.15, -0.1) is 0 Å². The van der Waals surface area contributed by atoms with Crippen molar-refractivity contribution in [2.45, 2.75) is 19.3 Å². The van der Waals surface area contributed by atoms with Crippen LogP contribution in [0.4, 0.5) is 0 Å². The molecule has 2 aliphatic rings. The Kier molecular flexibility index (Phi) is 1.87. The highest BCUT2D eigenvalue weighted by Gasteiger charge is 2.54. The van der Waals surface area contributed by atoms with E-state index in [4.69, 9.17) is 10.2 Å². The summed E-state index contributed by atoms with van der Waals surface area (Å²) in [7, 11) is 0. The molecule has 0 aromatic carbocycles. The number of hydrogen-bond donors (Lipinski definition) is 2. The Hall–Kier alpha value is -1.32. The summed E-state index contributed by atoms with van der Waals surface area (Å²) in [6.07, 6.45) is 4.90. The molecule has 0 unspecified atom stereocenters. The van der Waals surface area contributed by atoms with Gasteiger partial charge in [-0.2, -0.15) is 0 Å². The van der Waals surface area contributed by atoms with Crippen molar-refractivity contribution in [3.05, 3.63) is 12.2 Å². The van der Waals surface area contributed by atoms with Crippen LogP contribution < -0.4 is 0 Å². The average Bonchev–Trinajstić information content (AvgIpc) is 2.61. The second kappa shape index (κ2) is 2.83. The Balaban J connectivity index is 2.29. The zero-order valence-corrected chi connectivity index (χ0v) is 7.64. The number of aliphatic carboxylic acids is 2. The Morgan fingerprint density at radius 1 is 1.36 bits per heavy atom. The van der Waals surface area contributed by atoms with Gasteiger partial charge in [-0.3, -0.25) is 9.59 Å². The molecule has 76 valence electrons. The first-order chi connectivity index (χ1) is 6.54.